The standard InChI is InChI=1S/C17H27N/c1-13(2)18-12-16-10-9-14(3)11-17(16)15-7-5-4-6-8-15/h4-8,13-14,16-18H,9-12H2,1-3H3. The summed E-state index contributed by atoms with van der Waals surface area (Å²) in [5, 5.41) is 3.63. The monoisotopic (exact) mass is 245 g/mol. The molecule has 0 aliphatic heterocycles. The van der Waals surface area contributed by atoms with Gasteiger partial charge in [-0.1, -0.05) is 57.5 Å². The second-order valence-electron chi connectivity index (χ2n) is 6.26. The Morgan fingerprint density at radius 2 is 1.89 bits per heavy atom. The van der Waals surface area contributed by atoms with Crippen LogP contribution in [0.25, 0.3) is 0 Å². The van der Waals surface area contributed by atoms with Crippen LogP contribution in [0.1, 0.15) is 51.5 Å². The highest BCUT2D eigenvalue weighted by Gasteiger charge is 2.29. The van der Waals surface area contributed by atoms with Gasteiger partial charge in [0.05, 0.1) is 0 Å². The molecule has 1 fully saturated rings. The fourth-order valence-corrected chi connectivity index (χ4v) is 3.18. The van der Waals surface area contributed by atoms with Gasteiger partial charge in [-0.2, -0.15) is 0 Å². The summed E-state index contributed by atoms with van der Waals surface area (Å²) in [6, 6.07) is 11.7. The molecule has 3 unspecified atom stereocenters. The first-order chi connectivity index (χ1) is 8.66. The molecule has 1 nitrogen and oxygen atoms in total. The molecular formula is C17H27N. The van der Waals surface area contributed by atoms with Crippen LogP contribution < -0.4 is 5.32 Å². The molecule has 1 aromatic carbocycles. The Morgan fingerprint density at radius 1 is 1.17 bits per heavy atom. The first-order valence-corrected chi connectivity index (χ1v) is 7.45. The Hall–Kier alpha value is -0.820. The molecule has 0 amide bonds. The van der Waals surface area contributed by atoms with Crippen molar-refractivity contribution < 1.29 is 0 Å². The third-order valence-electron chi connectivity index (χ3n) is 4.27. The number of nitrogens with one attached hydrogen (secondary N) is 1. The van der Waals surface area contributed by atoms with Crippen molar-refractivity contribution in [2.24, 2.45) is 11.8 Å². The summed E-state index contributed by atoms with van der Waals surface area (Å²) in [6.45, 7) is 8.05. The van der Waals surface area contributed by atoms with Crippen LogP contribution in [0.2, 0.25) is 0 Å². The van der Waals surface area contributed by atoms with Crippen LogP contribution in [0, 0.1) is 11.8 Å². The summed E-state index contributed by atoms with van der Waals surface area (Å²) in [7, 11) is 0. The molecule has 0 heterocycles. The van der Waals surface area contributed by atoms with E-state index in [9.17, 15) is 0 Å². The van der Waals surface area contributed by atoms with E-state index in [1.54, 1.807) is 5.56 Å². The smallest absolute Gasteiger partial charge is 0.00104 e. The van der Waals surface area contributed by atoms with Crippen LogP contribution in [0.4, 0.5) is 0 Å². The lowest BCUT2D eigenvalue weighted by Gasteiger charge is -2.36. The summed E-state index contributed by atoms with van der Waals surface area (Å²) in [4.78, 5) is 0. The molecule has 0 radical (unpaired) electrons. The van der Waals surface area contributed by atoms with Gasteiger partial charge in [0, 0.05) is 6.04 Å². The van der Waals surface area contributed by atoms with Crippen molar-refractivity contribution >= 4 is 0 Å². The van der Waals surface area contributed by atoms with E-state index in [0.717, 1.165) is 17.8 Å². The van der Waals surface area contributed by atoms with Crippen molar-refractivity contribution in [2.45, 2.75) is 52.0 Å². The third-order valence-corrected chi connectivity index (χ3v) is 4.27. The number of hydrogen-bond donors (Lipinski definition) is 1. The summed E-state index contributed by atoms with van der Waals surface area (Å²) in [5.41, 5.74) is 1.54. The largest absolute Gasteiger partial charge is 0.314 e. The van der Waals surface area contributed by atoms with Gasteiger partial charge in [0.2, 0.25) is 0 Å². The normalized spacial score (nSPS) is 28.6. The van der Waals surface area contributed by atoms with Crippen molar-refractivity contribution in [3.8, 4) is 0 Å². The predicted octanol–water partition coefficient (Wildman–Crippen LogP) is 4.20. The molecular weight excluding hydrogens is 218 g/mol. The minimum Gasteiger partial charge on any atom is -0.314 e. The van der Waals surface area contributed by atoms with Crippen LogP contribution >= 0.6 is 0 Å². The van der Waals surface area contributed by atoms with Crippen LogP contribution in [0.3, 0.4) is 0 Å². The summed E-state index contributed by atoms with van der Waals surface area (Å²) >= 11 is 0. The second kappa shape index (κ2) is 6.38. The molecule has 1 aliphatic carbocycles. The zero-order chi connectivity index (χ0) is 13.0. The molecule has 0 bridgehead atoms. The molecule has 0 saturated heterocycles. The van der Waals surface area contributed by atoms with Gasteiger partial charge in [0.15, 0.2) is 0 Å². The lowest BCUT2D eigenvalue weighted by molar-refractivity contribution is 0.238. The van der Waals surface area contributed by atoms with Gasteiger partial charge in [0.25, 0.3) is 0 Å². The van der Waals surface area contributed by atoms with E-state index < -0.39 is 0 Å². The van der Waals surface area contributed by atoms with Crippen LogP contribution in [0.5, 0.6) is 0 Å². The van der Waals surface area contributed by atoms with Gasteiger partial charge in [0.1, 0.15) is 0 Å². The van der Waals surface area contributed by atoms with Gasteiger partial charge < -0.3 is 5.32 Å². The minimum atomic E-state index is 0.598. The maximum Gasteiger partial charge on any atom is 0.00104 e. The first-order valence-electron chi connectivity index (χ1n) is 7.45. The molecule has 1 heteroatoms. The van der Waals surface area contributed by atoms with Gasteiger partial charge in [-0.25, -0.2) is 0 Å². The second-order valence-corrected chi connectivity index (χ2v) is 6.26. The fourth-order valence-electron chi connectivity index (χ4n) is 3.18. The lowest BCUT2D eigenvalue weighted by atomic mass is 9.71. The van der Waals surface area contributed by atoms with Gasteiger partial charge >= 0.3 is 0 Å². The van der Waals surface area contributed by atoms with E-state index in [1.165, 1.54) is 25.8 Å². The van der Waals surface area contributed by atoms with Crippen LogP contribution in [0.15, 0.2) is 30.3 Å². The average molecular weight is 245 g/mol. The molecule has 3 atom stereocenters. The average Bonchev–Trinajstić information content (AvgIpc) is 2.38. The van der Waals surface area contributed by atoms with Gasteiger partial charge in [-0.15, -0.1) is 0 Å². The molecule has 100 valence electrons. The quantitative estimate of drug-likeness (QED) is 0.838. The maximum atomic E-state index is 3.63. The zero-order valence-corrected chi connectivity index (χ0v) is 12.0. The van der Waals surface area contributed by atoms with E-state index in [4.69, 9.17) is 0 Å². The Bertz CT molecular complexity index is 344. The SMILES string of the molecule is CC1CCC(CNC(C)C)C(c2ccccc2)C1. The molecule has 1 N–H and O–H groups in total. The maximum absolute atomic E-state index is 3.63. The molecule has 18 heavy (non-hydrogen) atoms. The number of benzene rings is 1. The first kappa shape index (κ1) is 13.6. The van der Waals surface area contributed by atoms with E-state index >= 15 is 0 Å². The number of hydrogen-bond acceptors (Lipinski definition) is 1. The fraction of sp³-hybridized carbons (Fsp3) is 0.647. The van der Waals surface area contributed by atoms with Crippen molar-refractivity contribution in [1.29, 1.82) is 0 Å². The van der Waals surface area contributed by atoms with E-state index in [-0.39, 0.29) is 0 Å². The molecule has 2 rings (SSSR count). The molecule has 1 aliphatic rings. The van der Waals surface area contributed by atoms with Gasteiger partial charge in [-0.05, 0) is 42.7 Å². The molecule has 0 aromatic heterocycles. The number of rotatable bonds is 4. The lowest BCUT2D eigenvalue weighted by Crippen LogP contribution is -2.34. The third kappa shape index (κ3) is 3.58. The predicted molar refractivity (Wildman–Crippen MR) is 78.8 cm³/mol. The van der Waals surface area contributed by atoms with Crippen molar-refractivity contribution in [2.75, 3.05) is 6.54 Å². The van der Waals surface area contributed by atoms with Gasteiger partial charge in [-0.3, -0.25) is 0 Å². The van der Waals surface area contributed by atoms with Crippen molar-refractivity contribution in [1.82, 2.24) is 5.32 Å². The highest BCUT2D eigenvalue weighted by atomic mass is 14.9. The van der Waals surface area contributed by atoms with Crippen LogP contribution in [-0.4, -0.2) is 12.6 Å². The molecule has 1 aromatic rings. The Morgan fingerprint density at radius 3 is 2.56 bits per heavy atom. The summed E-state index contributed by atoms with van der Waals surface area (Å²) in [5.74, 6) is 2.44. The van der Waals surface area contributed by atoms with Crippen molar-refractivity contribution in [3.05, 3.63) is 35.9 Å². The topological polar surface area (TPSA) is 12.0 Å². The summed E-state index contributed by atoms with van der Waals surface area (Å²) < 4.78 is 0. The Labute approximate surface area is 112 Å². The van der Waals surface area contributed by atoms with E-state index in [1.807, 2.05) is 0 Å². The Kier molecular flexibility index (Phi) is 4.82. The molecule has 0 spiro atoms. The van der Waals surface area contributed by atoms with Crippen LogP contribution in [-0.2, 0) is 0 Å². The van der Waals surface area contributed by atoms with Crippen molar-refractivity contribution in [3.63, 3.8) is 0 Å². The van der Waals surface area contributed by atoms with E-state index in [2.05, 4.69) is 56.4 Å². The highest BCUT2D eigenvalue weighted by molar-refractivity contribution is 5.21. The summed E-state index contributed by atoms with van der Waals surface area (Å²) in [6.07, 6.45) is 4.13. The zero-order valence-electron chi connectivity index (χ0n) is 12.0. The highest BCUT2D eigenvalue weighted by Crippen LogP contribution is 2.40. The Balaban J connectivity index is 2.06. The van der Waals surface area contributed by atoms with E-state index in [0.29, 0.717) is 6.04 Å². The minimum absolute atomic E-state index is 0.598. The molecule has 1 saturated carbocycles.